The van der Waals surface area contributed by atoms with Crippen LogP contribution in [0.2, 0.25) is 0 Å². The lowest BCUT2D eigenvalue weighted by molar-refractivity contribution is 0.0697. The first-order chi connectivity index (χ1) is 12.0. The summed E-state index contributed by atoms with van der Waals surface area (Å²) in [6.45, 7) is 0.357. The molecule has 0 unspecified atom stereocenters. The third-order valence-corrected chi connectivity index (χ3v) is 3.31. The number of hydrogen-bond acceptors (Lipinski definition) is 6. The number of nitrogens with one attached hydrogen (secondary N) is 1. The van der Waals surface area contributed by atoms with Crippen LogP contribution in [-0.2, 0) is 11.2 Å². The minimum absolute atomic E-state index is 0.0178. The highest BCUT2D eigenvalue weighted by Crippen LogP contribution is 2.30. The second kappa shape index (κ2) is 8.44. The fourth-order valence-electron chi connectivity index (χ4n) is 2.04. The number of rotatable bonds is 6. The molecule has 25 heavy (non-hydrogen) atoms. The lowest BCUT2D eigenvalue weighted by atomic mass is 10.1. The predicted molar refractivity (Wildman–Crippen MR) is 89.8 cm³/mol. The molecule has 0 aliphatic heterocycles. The van der Waals surface area contributed by atoms with Crippen LogP contribution in [-0.4, -0.2) is 35.9 Å². The number of nitrogens with zero attached hydrogens (tertiary/aromatic N) is 2. The first-order valence-corrected chi connectivity index (χ1v) is 7.39. The number of carboxylic acids is 1. The van der Waals surface area contributed by atoms with Crippen LogP contribution in [0.25, 0.3) is 0 Å². The first kappa shape index (κ1) is 17.9. The number of amides is 1. The Morgan fingerprint density at radius 1 is 1.12 bits per heavy atom. The normalized spacial score (nSPS) is 10.6. The maximum Gasteiger partial charge on any atom is 0.406 e. The quantitative estimate of drug-likeness (QED) is 0.694. The van der Waals surface area contributed by atoms with Crippen molar-refractivity contribution >= 4 is 23.4 Å². The van der Waals surface area contributed by atoms with E-state index < -0.39 is 12.1 Å². The molecule has 2 rings (SSSR count). The van der Waals surface area contributed by atoms with Crippen molar-refractivity contribution in [2.24, 2.45) is 10.2 Å². The summed E-state index contributed by atoms with van der Waals surface area (Å²) in [6, 6.07) is 11.0. The maximum absolute atomic E-state index is 11.2. The summed E-state index contributed by atoms with van der Waals surface area (Å²) in [4.78, 5) is 22.2. The van der Waals surface area contributed by atoms with Crippen LogP contribution >= 0.6 is 0 Å². The number of carbonyl (C=O) groups excluding carboxylic acids is 1. The smallest absolute Gasteiger partial charge is 0.406 e. The Balaban J connectivity index is 2.15. The van der Waals surface area contributed by atoms with Crippen molar-refractivity contribution in [1.29, 1.82) is 0 Å². The molecular weight excluding hydrogens is 326 g/mol. The van der Waals surface area contributed by atoms with Crippen LogP contribution in [0.3, 0.4) is 0 Å². The molecule has 0 radical (unpaired) electrons. The highest BCUT2D eigenvalue weighted by Gasteiger charge is 2.09. The highest BCUT2D eigenvalue weighted by atomic mass is 16.5. The largest absolute Gasteiger partial charge is 0.506 e. The molecule has 0 saturated heterocycles. The van der Waals surface area contributed by atoms with Crippen LogP contribution in [0.4, 0.5) is 16.2 Å². The summed E-state index contributed by atoms with van der Waals surface area (Å²) in [7, 11) is 1.28. The summed E-state index contributed by atoms with van der Waals surface area (Å²) in [6.07, 6.45) is -0.0205. The molecule has 0 atom stereocenters. The molecule has 0 aliphatic carbocycles. The summed E-state index contributed by atoms with van der Waals surface area (Å²) in [5.74, 6) is -1.19. The van der Waals surface area contributed by atoms with E-state index in [2.05, 4.69) is 20.3 Å². The third-order valence-electron chi connectivity index (χ3n) is 3.31. The second-order valence-corrected chi connectivity index (χ2v) is 5.01. The van der Waals surface area contributed by atoms with Crippen molar-refractivity contribution in [2.75, 3.05) is 13.7 Å². The number of azo groups is 1. The average molecular weight is 343 g/mol. The first-order valence-electron chi connectivity index (χ1n) is 7.39. The van der Waals surface area contributed by atoms with E-state index in [1.54, 1.807) is 24.3 Å². The zero-order valence-corrected chi connectivity index (χ0v) is 13.5. The van der Waals surface area contributed by atoms with Crippen LogP contribution < -0.4 is 5.32 Å². The topological polar surface area (TPSA) is 121 Å². The number of methoxy groups -OCH3 is 1. The summed E-state index contributed by atoms with van der Waals surface area (Å²) in [5.41, 5.74) is 1.22. The van der Waals surface area contributed by atoms with Gasteiger partial charge in [0.2, 0.25) is 0 Å². The zero-order valence-electron chi connectivity index (χ0n) is 13.5. The van der Waals surface area contributed by atoms with E-state index in [1.165, 1.54) is 25.3 Å². The van der Waals surface area contributed by atoms with Gasteiger partial charge < -0.3 is 20.3 Å². The maximum atomic E-state index is 11.2. The fourth-order valence-corrected chi connectivity index (χ4v) is 2.04. The van der Waals surface area contributed by atoms with Crippen molar-refractivity contribution in [3.05, 3.63) is 53.6 Å². The Morgan fingerprint density at radius 3 is 2.56 bits per heavy atom. The van der Waals surface area contributed by atoms with Crippen molar-refractivity contribution < 1.29 is 24.5 Å². The Kier molecular flexibility index (Phi) is 6.05. The van der Waals surface area contributed by atoms with Crippen molar-refractivity contribution in [1.82, 2.24) is 5.32 Å². The van der Waals surface area contributed by atoms with Gasteiger partial charge in [-0.3, -0.25) is 0 Å². The third kappa shape index (κ3) is 5.03. The minimum atomic E-state index is -1.11. The molecule has 1 amide bonds. The molecule has 0 aliphatic rings. The molecular formula is C17H17N3O5. The van der Waals surface area contributed by atoms with Gasteiger partial charge in [-0.2, -0.15) is 0 Å². The molecule has 0 aromatic heterocycles. The molecule has 8 nitrogen and oxygen atoms in total. The monoisotopic (exact) mass is 343 g/mol. The Morgan fingerprint density at radius 2 is 1.84 bits per heavy atom. The molecule has 0 bridgehead atoms. The number of aromatic hydroxyl groups is 1. The number of carbonyl (C=O) groups is 2. The van der Waals surface area contributed by atoms with Gasteiger partial charge in [0.25, 0.3) is 0 Å². The number of benzene rings is 2. The lowest BCUT2D eigenvalue weighted by Gasteiger charge is -2.05. The minimum Gasteiger partial charge on any atom is -0.506 e. The van der Waals surface area contributed by atoms with Gasteiger partial charge in [-0.1, -0.05) is 18.2 Å². The molecule has 3 N–H and O–H groups in total. The van der Waals surface area contributed by atoms with Gasteiger partial charge in [0.1, 0.15) is 17.1 Å². The van der Waals surface area contributed by atoms with Gasteiger partial charge in [-0.25, -0.2) is 9.59 Å². The molecule has 2 aromatic rings. The SMILES string of the molecule is COC(=O)NCCc1ccc(O)c(N=Nc2ccccc2C(=O)O)c1. The standard InChI is InChI=1S/C17H17N3O5/c1-25-17(24)18-9-8-11-6-7-15(21)14(10-11)20-19-13-5-3-2-4-12(13)16(22)23/h2-7,10,21H,8-9H2,1H3,(H,18,24)(H,22,23). The summed E-state index contributed by atoms with van der Waals surface area (Å²) in [5, 5.41) is 29.4. The molecule has 0 fully saturated rings. The summed E-state index contributed by atoms with van der Waals surface area (Å²) >= 11 is 0. The van der Waals surface area contributed by atoms with E-state index in [0.29, 0.717) is 13.0 Å². The lowest BCUT2D eigenvalue weighted by Crippen LogP contribution is -2.25. The van der Waals surface area contributed by atoms with Crippen molar-refractivity contribution in [3.63, 3.8) is 0 Å². The van der Waals surface area contributed by atoms with E-state index in [4.69, 9.17) is 5.11 Å². The number of ether oxygens (including phenoxy) is 1. The number of carboxylic acid groups (broad SMARTS) is 1. The van der Waals surface area contributed by atoms with E-state index >= 15 is 0 Å². The van der Waals surface area contributed by atoms with E-state index in [9.17, 15) is 14.7 Å². The molecule has 0 saturated carbocycles. The Hall–Kier alpha value is -3.42. The molecule has 0 spiro atoms. The average Bonchev–Trinajstić information content (AvgIpc) is 2.61. The Bertz CT molecular complexity index is 805. The predicted octanol–water partition coefficient (Wildman–Crippen LogP) is 3.40. The number of aromatic carboxylic acids is 1. The van der Waals surface area contributed by atoms with Gasteiger partial charge in [0, 0.05) is 6.54 Å². The van der Waals surface area contributed by atoms with E-state index in [1.807, 2.05) is 0 Å². The van der Waals surface area contributed by atoms with Gasteiger partial charge in [-0.05, 0) is 36.2 Å². The van der Waals surface area contributed by atoms with Gasteiger partial charge >= 0.3 is 12.1 Å². The van der Waals surface area contributed by atoms with E-state index in [-0.39, 0.29) is 22.7 Å². The van der Waals surface area contributed by atoms with Gasteiger partial charge in [-0.15, -0.1) is 10.2 Å². The molecule has 2 aromatic carbocycles. The van der Waals surface area contributed by atoms with Crippen LogP contribution in [0.15, 0.2) is 52.7 Å². The molecule has 0 heterocycles. The summed E-state index contributed by atoms with van der Waals surface area (Å²) < 4.78 is 4.48. The Labute approximate surface area is 143 Å². The molecule has 8 heteroatoms. The van der Waals surface area contributed by atoms with E-state index in [0.717, 1.165) is 5.56 Å². The van der Waals surface area contributed by atoms with Crippen LogP contribution in [0.5, 0.6) is 5.75 Å². The van der Waals surface area contributed by atoms with Gasteiger partial charge in [0.15, 0.2) is 0 Å². The number of alkyl carbamates (subject to hydrolysis) is 1. The fraction of sp³-hybridized carbons (Fsp3) is 0.176. The van der Waals surface area contributed by atoms with Crippen molar-refractivity contribution in [2.45, 2.75) is 6.42 Å². The number of phenols is 1. The number of hydrogen-bond donors (Lipinski definition) is 3. The van der Waals surface area contributed by atoms with Crippen LogP contribution in [0, 0.1) is 0 Å². The molecule has 130 valence electrons. The second-order valence-electron chi connectivity index (χ2n) is 5.01. The number of phenolic OH excluding ortho intramolecular Hbond substituents is 1. The zero-order chi connectivity index (χ0) is 18.2. The van der Waals surface area contributed by atoms with Crippen LogP contribution in [0.1, 0.15) is 15.9 Å². The van der Waals surface area contributed by atoms with Gasteiger partial charge in [0.05, 0.1) is 12.7 Å². The van der Waals surface area contributed by atoms with Crippen molar-refractivity contribution in [3.8, 4) is 5.75 Å². The highest BCUT2D eigenvalue weighted by molar-refractivity contribution is 5.93.